The molecule has 0 spiro atoms. The zero-order chi connectivity index (χ0) is 16.9. The van der Waals surface area contributed by atoms with Crippen molar-refractivity contribution in [1.29, 1.82) is 0 Å². The Morgan fingerprint density at radius 3 is 2.67 bits per heavy atom. The molecule has 0 aliphatic rings. The molecule has 124 valence electrons. The Labute approximate surface area is 144 Å². The summed E-state index contributed by atoms with van der Waals surface area (Å²) in [5.74, 6) is 1.16. The maximum Gasteiger partial charge on any atom is 0.224 e. The second-order valence-electron chi connectivity index (χ2n) is 5.19. The predicted molar refractivity (Wildman–Crippen MR) is 96.1 cm³/mol. The molecule has 1 heterocycles. The van der Waals surface area contributed by atoms with Crippen LogP contribution < -0.4 is 14.8 Å². The van der Waals surface area contributed by atoms with Crippen molar-refractivity contribution in [3.05, 3.63) is 47.5 Å². The molecule has 6 heteroatoms. The van der Waals surface area contributed by atoms with Gasteiger partial charge in [-0.05, 0) is 24.3 Å². The fraction of sp³-hybridized carbons (Fsp3) is 0.222. The lowest BCUT2D eigenvalue weighted by atomic mass is 10.2. The number of ether oxygens (including phenoxy) is 2. The molecule has 0 radical (unpaired) electrons. The highest BCUT2D eigenvalue weighted by Gasteiger charge is 2.09. The highest BCUT2D eigenvalue weighted by molar-refractivity contribution is 7.18. The van der Waals surface area contributed by atoms with Crippen LogP contribution in [0.15, 0.2) is 42.5 Å². The molecule has 1 N–H and O–H groups in total. The minimum atomic E-state index is -0.0542. The molecule has 3 rings (SSSR count). The molecule has 2 aromatic carbocycles. The maximum absolute atomic E-state index is 12.1. The number of para-hydroxylation sites is 1. The van der Waals surface area contributed by atoms with E-state index < -0.39 is 0 Å². The van der Waals surface area contributed by atoms with E-state index in [4.69, 9.17) is 9.47 Å². The van der Waals surface area contributed by atoms with E-state index in [1.807, 2.05) is 24.3 Å². The van der Waals surface area contributed by atoms with Crippen LogP contribution in [0.2, 0.25) is 0 Å². The summed E-state index contributed by atoms with van der Waals surface area (Å²) in [5, 5.41) is 3.85. The summed E-state index contributed by atoms with van der Waals surface area (Å²) in [7, 11) is 3.14. The van der Waals surface area contributed by atoms with Gasteiger partial charge in [-0.15, -0.1) is 11.3 Å². The SMILES string of the molecule is COc1ccc(NC(=O)CCc2nc3ccccc3s2)cc1OC. The summed E-state index contributed by atoms with van der Waals surface area (Å²) < 4.78 is 11.6. The van der Waals surface area contributed by atoms with Crippen LogP contribution in [0.5, 0.6) is 11.5 Å². The third-order valence-electron chi connectivity index (χ3n) is 3.57. The van der Waals surface area contributed by atoms with E-state index in [0.29, 0.717) is 30.0 Å². The standard InChI is InChI=1S/C18H18N2O3S/c1-22-14-8-7-12(11-15(14)23-2)19-17(21)9-10-18-20-13-5-3-4-6-16(13)24-18/h3-8,11H,9-10H2,1-2H3,(H,19,21). The molecule has 0 fully saturated rings. The van der Waals surface area contributed by atoms with E-state index in [-0.39, 0.29) is 5.91 Å². The third-order valence-corrected chi connectivity index (χ3v) is 4.67. The summed E-state index contributed by atoms with van der Waals surface area (Å²) >= 11 is 1.63. The third kappa shape index (κ3) is 3.65. The van der Waals surface area contributed by atoms with Gasteiger partial charge in [-0.1, -0.05) is 12.1 Å². The largest absolute Gasteiger partial charge is 0.493 e. The monoisotopic (exact) mass is 342 g/mol. The molecule has 0 aliphatic heterocycles. The maximum atomic E-state index is 12.1. The molecular formula is C18H18N2O3S. The highest BCUT2D eigenvalue weighted by atomic mass is 32.1. The van der Waals surface area contributed by atoms with Gasteiger partial charge < -0.3 is 14.8 Å². The lowest BCUT2D eigenvalue weighted by Gasteiger charge is -2.10. The summed E-state index contributed by atoms with van der Waals surface area (Å²) in [4.78, 5) is 16.7. The smallest absolute Gasteiger partial charge is 0.224 e. The van der Waals surface area contributed by atoms with Crippen LogP contribution in [-0.2, 0) is 11.2 Å². The molecule has 0 saturated carbocycles. The van der Waals surface area contributed by atoms with Crippen LogP contribution in [-0.4, -0.2) is 25.1 Å². The molecular weight excluding hydrogens is 324 g/mol. The average molecular weight is 342 g/mol. The highest BCUT2D eigenvalue weighted by Crippen LogP contribution is 2.30. The number of hydrogen-bond acceptors (Lipinski definition) is 5. The van der Waals surface area contributed by atoms with Crippen molar-refractivity contribution in [2.75, 3.05) is 19.5 Å². The van der Waals surface area contributed by atoms with Crippen LogP contribution in [0, 0.1) is 0 Å². The Bertz CT molecular complexity index is 827. The molecule has 0 unspecified atom stereocenters. The van der Waals surface area contributed by atoms with Crippen molar-refractivity contribution in [2.24, 2.45) is 0 Å². The van der Waals surface area contributed by atoms with Crippen molar-refractivity contribution >= 4 is 33.1 Å². The number of thiazole rings is 1. The van der Waals surface area contributed by atoms with Gasteiger partial charge in [0.15, 0.2) is 11.5 Å². The van der Waals surface area contributed by atoms with Gasteiger partial charge in [-0.3, -0.25) is 4.79 Å². The van der Waals surface area contributed by atoms with Gasteiger partial charge in [0.2, 0.25) is 5.91 Å². The van der Waals surface area contributed by atoms with E-state index in [0.717, 1.165) is 15.2 Å². The Morgan fingerprint density at radius 2 is 1.92 bits per heavy atom. The first kappa shape index (κ1) is 16.3. The Balaban J connectivity index is 1.61. The number of hydrogen-bond donors (Lipinski definition) is 1. The fourth-order valence-electron chi connectivity index (χ4n) is 2.38. The normalized spacial score (nSPS) is 10.6. The first-order chi connectivity index (χ1) is 11.7. The van der Waals surface area contributed by atoms with Crippen LogP contribution in [0.25, 0.3) is 10.2 Å². The number of nitrogens with zero attached hydrogens (tertiary/aromatic N) is 1. The van der Waals surface area contributed by atoms with Crippen LogP contribution in [0.3, 0.4) is 0 Å². The van der Waals surface area contributed by atoms with Gasteiger partial charge in [0.05, 0.1) is 29.4 Å². The lowest BCUT2D eigenvalue weighted by molar-refractivity contribution is -0.116. The van der Waals surface area contributed by atoms with Crippen molar-refractivity contribution in [3.8, 4) is 11.5 Å². The number of nitrogens with one attached hydrogen (secondary N) is 1. The summed E-state index contributed by atoms with van der Waals surface area (Å²) in [6, 6.07) is 13.3. The second kappa shape index (κ2) is 7.31. The minimum Gasteiger partial charge on any atom is -0.493 e. The predicted octanol–water partition coefficient (Wildman–Crippen LogP) is 3.88. The van der Waals surface area contributed by atoms with Gasteiger partial charge in [0.1, 0.15) is 0 Å². The Morgan fingerprint density at radius 1 is 1.12 bits per heavy atom. The molecule has 1 amide bonds. The fourth-order valence-corrected chi connectivity index (χ4v) is 3.35. The van der Waals surface area contributed by atoms with Gasteiger partial charge >= 0.3 is 0 Å². The van der Waals surface area contributed by atoms with E-state index >= 15 is 0 Å². The van der Waals surface area contributed by atoms with Gasteiger partial charge in [0, 0.05) is 24.6 Å². The van der Waals surface area contributed by atoms with Crippen LogP contribution in [0.1, 0.15) is 11.4 Å². The van der Waals surface area contributed by atoms with E-state index in [1.165, 1.54) is 0 Å². The summed E-state index contributed by atoms with van der Waals surface area (Å²) in [5.41, 5.74) is 1.67. The molecule has 0 atom stereocenters. The zero-order valence-corrected chi connectivity index (χ0v) is 14.4. The molecule has 0 saturated heterocycles. The lowest BCUT2D eigenvalue weighted by Crippen LogP contribution is -2.12. The molecule has 1 aromatic heterocycles. The van der Waals surface area contributed by atoms with Gasteiger partial charge in [0.25, 0.3) is 0 Å². The number of carbonyl (C=O) groups excluding carboxylic acids is 1. The number of carbonyl (C=O) groups is 1. The van der Waals surface area contributed by atoms with Crippen molar-refractivity contribution in [1.82, 2.24) is 4.98 Å². The number of methoxy groups -OCH3 is 2. The number of aryl methyl sites for hydroxylation is 1. The number of anilines is 1. The summed E-state index contributed by atoms with van der Waals surface area (Å²) in [6.45, 7) is 0. The first-order valence-electron chi connectivity index (χ1n) is 7.56. The van der Waals surface area contributed by atoms with Crippen LogP contribution >= 0.6 is 11.3 Å². The molecule has 24 heavy (non-hydrogen) atoms. The summed E-state index contributed by atoms with van der Waals surface area (Å²) in [6.07, 6.45) is 1.01. The van der Waals surface area contributed by atoms with E-state index in [1.54, 1.807) is 43.8 Å². The van der Waals surface area contributed by atoms with Crippen molar-refractivity contribution < 1.29 is 14.3 Å². The van der Waals surface area contributed by atoms with E-state index in [2.05, 4.69) is 10.3 Å². The minimum absolute atomic E-state index is 0.0542. The molecule has 0 bridgehead atoms. The first-order valence-corrected chi connectivity index (χ1v) is 8.37. The number of aromatic nitrogens is 1. The van der Waals surface area contributed by atoms with E-state index in [9.17, 15) is 4.79 Å². The topological polar surface area (TPSA) is 60.5 Å². The van der Waals surface area contributed by atoms with Crippen molar-refractivity contribution in [3.63, 3.8) is 0 Å². The van der Waals surface area contributed by atoms with Crippen LogP contribution in [0.4, 0.5) is 5.69 Å². The van der Waals surface area contributed by atoms with Gasteiger partial charge in [-0.25, -0.2) is 4.98 Å². The number of benzene rings is 2. The molecule has 5 nitrogen and oxygen atoms in total. The van der Waals surface area contributed by atoms with Gasteiger partial charge in [-0.2, -0.15) is 0 Å². The second-order valence-corrected chi connectivity index (χ2v) is 6.31. The average Bonchev–Trinajstić information content (AvgIpc) is 3.03. The zero-order valence-electron chi connectivity index (χ0n) is 13.5. The number of amides is 1. The number of rotatable bonds is 6. The number of fused-ring (bicyclic) bond motifs is 1. The van der Waals surface area contributed by atoms with Crippen molar-refractivity contribution in [2.45, 2.75) is 12.8 Å². The molecule has 3 aromatic rings. The Hall–Kier alpha value is -2.60. The quantitative estimate of drug-likeness (QED) is 0.738. The molecule has 0 aliphatic carbocycles. The Kier molecular flexibility index (Phi) is 4.96.